The Balaban J connectivity index is 2.01. The molecule has 17 heavy (non-hydrogen) atoms. The van der Waals surface area contributed by atoms with Gasteiger partial charge in [-0.25, -0.2) is 0 Å². The van der Waals surface area contributed by atoms with Gasteiger partial charge in [0.05, 0.1) is 5.92 Å². The predicted molar refractivity (Wildman–Crippen MR) is 63.4 cm³/mol. The number of carboxylic acid groups (broad SMARTS) is 1. The molecule has 4 atom stereocenters. The molecule has 2 rings (SSSR count). The zero-order chi connectivity index (χ0) is 12.8. The van der Waals surface area contributed by atoms with E-state index in [0.29, 0.717) is 13.0 Å². The van der Waals surface area contributed by atoms with Crippen LogP contribution in [-0.2, 0) is 9.59 Å². The molecule has 0 aromatic heterocycles. The molecule has 0 radical (unpaired) electrons. The predicted octanol–water partition coefficient (Wildman–Crippen LogP) is 1.74. The lowest BCUT2D eigenvalue weighted by Crippen LogP contribution is -2.39. The fourth-order valence-electron chi connectivity index (χ4n) is 2.96. The third-order valence-corrected chi connectivity index (χ3v) is 4.81. The average molecular weight is 239 g/mol. The van der Waals surface area contributed by atoms with Gasteiger partial charge in [-0.2, -0.15) is 0 Å². The number of nitrogens with zero attached hydrogens (tertiary/aromatic N) is 1. The van der Waals surface area contributed by atoms with Crippen LogP contribution >= 0.6 is 0 Å². The van der Waals surface area contributed by atoms with Crippen LogP contribution in [0.25, 0.3) is 0 Å². The Morgan fingerprint density at radius 1 is 1.47 bits per heavy atom. The van der Waals surface area contributed by atoms with Crippen molar-refractivity contribution in [3.05, 3.63) is 0 Å². The van der Waals surface area contributed by atoms with Crippen molar-refractivity contribution in [1.29, 1.82) is 0 Å². The molecule has 0 aromatic carbocycles. The summed E-state index contributed by atoms with van der Waals surface area (Å²) in [4.78, 5) is 25.1. The molecular weight excluding hydrogens is 218 g/mol. The Kier molecular flexibility index (Phi) is 2.92. The van der Waals surface area contributed by atoms with Crippen LogP contribution in [0.15, 0.2) is 0 Å². The molecule has 1 saturated heterocycles. The van der Waals surface area contributed by atoms with E-state index < -0.39 is 5.97 Å². The van der Waals surface area contributed by atoms with Gasteiger partial charge < -0.3 is 10.0 Å². The lowest BCUT2D eigenvalue weighted by atomic mass is 10.0. The molecule has 2 aliphatic rings. The number of hydrogen-bond donors (Lipinski definition) is 1. The van der Waals surface area contributed by atoms with E-state index in [1.807, 2.05) is 6.92 Å². The first-order valence-electron chi connectivity index (χ1n) is 6.44. The van der Waals surface area contributed by atoms with Crippen LogP contribution in [0.5, 0.6) is 0 Å². The highest BCUT2D eigenvalue weighted by molar-refractivity contribution is 5.84. The Hall–Kier alpha value is -1.06. The van der Waals surface area contributed by atoms with Crippen molar-refractivity contribution in [2.75, 3.05) is 6.54 Å². The second-order valence-electron chi connectivity index (χ2n) is 5.77. The second-order valence-corrected chi connectivity index (χ2v) is 5.77. The largest absolute Gasteiger partial charge is 0.481 e. The Morgan fingerprint density at radius 2 is 2.12 bits per heavy atom. The van der Waals surface area contributed by atoms with E-state index in [4.69, 9.17) is 5.11 Å². The first-order chi connectivity index (χ1) is 7.90. The van der Waals surface area contributed by atoms with Crippen LogP contribution in [0.4, 0.5) is 0 Å². The van der Waals surface area contributed by atoms with Crippen LogP contribution in [0.2, 0.25) is 0 Å². The third kappa shape index (κ3) is 1.94. The number of amides is 1. The Morgan fingerprint density at radius 3 is 2.53 bits per heavy atom. The van der Waals surface area contributed by atoms with Crippen molar-refractivity contribution in [2.45, 2.75) is 46.1 Å². The molecule has 96 valence electrons. The topological polar surface area (TPSA) is 57.6 Å². The smallest absolute Gasteiger partial charge is 0.308 e. The first kappa shape index (κ1) is 12.4. The molecule has 1 N–H and O–H groups in total. The highest BCUT2D eigenvalue weighted by Gasteiger charge is 2.55. The minimum Gasteiger partial charge on any atom is -0.481 e. The van der Waals surface area contributed by atoms with Gasteiger partial charge in [0.1, 0.15) is 0 Å². The van der Waals surface area contributed by atoms with E-state index in [9.17, 15) is 9.59 Å². The number of rotatable bonds is 3. The number of aliphatic carboxylic acids is 1. The quantitative estimate of drug-likeness (QED) is 0.816. The van der Waals surface area contributed by atoms with E-state index in [-0.39, 0.29) is 29.2 Å². The standard InChI is InChI=1S/C13H21NO3/c1-4-13(3)7-10(13)11(15)14-6-5-9(8(14)2)12(16)17/h8-10H,4-7H2,1-3H3,(H,16,17). The molecule has 4 nitrogen and oxygen atoms in total. The summed E-state index contributed by atoms with van der Waals surface area (Å²) < 4.78 is 0. The minimum atomic E-state index is -0.776. The maximum Gasteiger partial charge on any atom is 0.308 e. The summed E-state index contributed by atoms with van der Waals surface area (Å²) in [5.74, 6) is -0.861. The van der Waals surface area contributed by atoms with Gasteiger partial charge in [0.25, 0.3) is 0 Å². The van der Waals surface area contributed by atoms with Crippen molar-refractivity contribution in [3.63, 3.8) is 0 Å². The molecule has 0 aromatic rings. The maximum atomic E-state index is 12.3. The monoisotopic (exact) mass is 239 g/mol. The molecule has 2 fully saturated rings. The van der Waals surface area contributed by atoms with Crippen molar-refractivity contribution >= 4 is 11.9 Å². The van der Waals surface area contributed by atoms with E-state index in [1.165, 1.54) is 0 Å². The molecule has 0 spiro atoms. The maximum absolute atomic E-state index is 12.3. The van der Waals surface area contributed by atoms with Gasteiger partial charge in [-0.15, -0.1) is 0 Å². The highest BCUT2D eigenvalue weighted by atomic mass is 16.4. The van der Waals surface area contributed by atoms with Gasteiger partial charge in [0, 0.05) is 18.5 Å². The van der Waals surface area contributed by atoms with E-state index >= 15 is 0 Å². The van der Waals surface area contributed by atoms with Crippen LogP contribution in [0, 0.1) is 17.3 Å². The van der Waals surface area contributed by atoms with Crippen LogP contribution in [0.1, 0.15) is 40.0 Å². The Labute approximate surface area is 102 Å². The summed E-state index contributed by atoms with van der Waals surface area (Å²) in [5.41, 5.74) is 0.165. The number of carbonyl (C=O) groups is 2. The fraction of sp³-hybridized carbons (Fsp3) is 0.846. The number of likely N-dealkylation sites (tertiary alicyclic amines) is 1. The molecule has 0 bridgehead atoms. The van der Waals surface area contributed by atoms with Crippen molar-refractivity contribution in [2.24, 2.45) is 17.3 Å². The molecule has 1 heterocycles. The minimum absolute atomic E-state index is 0.127. The van der Waals surface area contributed by atoms with Crippen LogP contribution < -0.4 is 0 Å². The van der Waals surface area contributed by atoms with Gasteiger partial charge in [-0.3, -0.25) is 9.59 Å². The molecule has 1 aliphatic heterocycles. The SMILES string of the molecule is CCC1(C)CC1C(=O)N1CCC(C(=O)O)C1C. The van der Waals surface area contributed by atoms with Gasteiger partial charge >= 0.3 is 5.97 Å². The first-order valence-corrected chi connectivity index (χ1v) is 6.44. The lowest BCUT2D eigenvalue weighted by molar-refractivity contribution is -0.143. The zero-order valence-corrected chi connectivity index (χ0v) is 10.8. The van der Waals surface area contributed by atoms with Gasteiger partial charge in [-0.1, -0.05) is 13.8 Å². The molecule has 4 heteroatoms. The van der Waals surface area contributed by atoms with Crippen molar-refractivity contribution in [3.8, 4) is 0 Å². The van der Waals surface area contributed by atoms with E-state index in [0.717, 1.165) is 12.8 Å². The fourth-order valence-corrected chi connectivity index (χ4v) is 2.96. The van der Waals surface area contributed by atoms with Crippen LogP contribution in [-0.4, -0.2) is 34.5 Å². The number of carbonyl (C=O) groups excluding carboxylic acids is 1. The van der Waals surface area contributed by atoms with E-state index in [2.05, 4.69) is 13.8 Å². The van der Waals surface area contributed by atoms with Gasteiger partial charge in [0.2, 0.25) is 5.91 Å². The highest BCUT2D eigenvalue weighted by Crippen LogP contribution is 2.56. The average Bonchev–Trinajstić information content (AvgIpc) is 2.80. The summed E-state index contributed by atoms with van der Waals surface area (Å²) in [6.45, 7) is 6.72. The second kappa shape index (κ2) is 4.00. The number of hydrogen-bond acceptors (Lipinski definition) is 2. The van der Waals surface area contributed by atoms with Gasteiger partial charge in [0.15, 0.2) is 0 Å². The number of carboxylic acids is 1. The summed E-state index contributed by atoms with van der Waals surface area (Å²) in [6, 6.07) is -0.151. The Bertz CT molecular complexity index is 355. The van der Waals surface area contributed by atoms with Crippen molar-refractivity contribution in [1.82, 2.24) is 4.90 Å². The molecular formula is C13H21NO3. The molecule has 1 saturated carbocycles. The zero-order valence-electron chi connectivity index (χ0n) is 10.8. The van der Waals surface area contributed by atoms with Gasteiger partial charge in [-0.05, 0) is 31.6 Å². The molecule has 4 unspecified atom stereocenters. The normalized spacial score (nSPS) is 40.4. The van der Waals surface area contributed by atoms with Crippen LogP contribution in [0.3, 0.4) is 0 Å². The van der Waals surface area contributed by atoms with E-state index in [1.54, 1.807) is 4.90 Å². The summed E-state index contributed by atoms with van der Waals surface area (Å²) in [6.07, 6.45) is 2.58. The lowest BCUT2D eigenvalue weighted by Gasteiger charge is -2.24. The third-order valence-electron chi connectivity index (χ3n) is 4.81. The summed E-state index contributed by atoms with van der Waals surface area (Å²) in [5, 5.41) is 9.05. The van der Waals surface area contributed by atoms with Crippen molar-refractivity contribution < 1.29 is 14.7 Å². The molecule has 1 amide bonds. The summed E-state index contributed by atoms with van der Waals surface area (Å²) >= 11 is 0. The molecule has 1 aliphatic carbocycles. The summed E-state index contributed by atoms with van der Waals surface area (Å²) in [7, 11) is 0.